The minimum atomic E-state index is -0.515. The minimum Gasteiger partial charge on any atom is -0.465 e. The Labute approximate surface area is 115 Å². The van der Waals surface area contributed by atoms with Crippen LogP contribution in [0.15, 0.2) is 18.2 Å². The highest BCUT2D eigenvalue weighted by Crippen LogP contribution is 2.22. The lowest BCUT2D eigenvalue weighted by Gasteiger charge is -2.23. The van der Waals surface area contributed by atoms with Gasteiger partial charge < -0.3 is 15.8 Å². The maximum absolute atomic E-state index is 11.6. The number of hydrogen-bond acceptors (Lipinski definition) is 6. The number of esters is 1. The largest absolute Gasteiger partial charge is 0.465 e. The number of hydrogen-bond donors (Lipinski definition) is 3. The van der Waals surface area contributed by atoms with Gasteiger partial charge in [-0.05, 0) is 24.6 Å². The summed E-state index contributed by atoms with van der Waals surface area (Å²) in [6.45, 7) is 0. The van der Waals surface area contributed by atoms with Crippen LogP contribution in [0.3, 0.4) is 0 Å². The third-order valence-corrected chi connectivity index (χ3v) is 3.04. The van der Waals surface area contributed by atoms with Gasteiger partial charge in [0.25, 0.3) is 0 Å². The summed E-state index contributed by atoms with van der Waals surface area (Å²) in [6.07, 6.45) is 0.687. The molecule has 1 heterocycles. The van der Waals surface area contributed by atoms with E-state index in [4.69, 9.17) is 5.73 Å². The zero-order valence-electron chi connectivity index (χ0n) is 10.9. The smallest absolute Gasteiger partial charge is 0.337 e. The number of carbonyl (C=O) groups is 3. The van der Waals surface area contributed by atoms with E-state index in [0.717, 1.165) is 0 Å². The lowest BCUT2D eigenvalue weighted by molar-refractivity contribution is -0.133. The molecule has 1 aliphatic rings. The second-order valence-electron chi connectivity index (χ2n) is 4.44. The predicted molar refractivity (Wildman–Crippen MR) is 72.0 cm³/mol. The summed E-state index contributed by atoms with van der Waals surface area (Å²) in [7, 11) is 1.29. The number of benzene rings is 1. The molecular formula is C13H15N3O4. The van der Waals surface area contributed by atoms with Crippen molar-refractivity contribution in [3.8, 4) is 0 Å². The molecule has 1 aromatic rings. The van der Waals surface area contributed by atoms with Gasteiger partial charge >= 0.3 is 5.97 Å². The number of nitrogens with one attached hydrogen (secondary N) is 2. The van der Waals surface area contributed by atoms with Crippen LogP contribution >= 0.6 is 0 Å². The molecule has 1 atom stereocenters. The van der Waals surface area contributed by atoms with E-state index in [-0.39, 0.29) is 18.2 Å². The molecule has 7 heteroatoms. The Hall–Kier alpha value is -2.57. The maximum atomic E-state index is 11.6. The van der Waals surface area contributed by atoms with Crippen molar-refractivity contribution in [1.29, 1.82) is 0 Å². The summed E-state index contributed by atoms with van der Waals surface area (Å²) < 4.78 is 4.59. The number of carbonyl (C=O) groups excluding carboxylic acids is 3. The van der Waals surface area contributed by atoms with E-state index in [1.54, 1.807) is 12.1 Å². The summed E-state index contributed by atoms with van der Waals surface area (Å²) in [5, 5.41) is 5.21. The van der Waals surface area contributed by atoms with Crippen molar-refractivity contribution in [3.63, 3.8) is 0 Å². The molecule has 0 bridgehead atoms. The molecule has 0 saturated carbocycles. The number of amides is 2. The summed E-state index contributed by atoms with van der Waals surface area (Å²) in [5.41, 5.74) is 7.03. The quantitative estimate of drug-likeness (QED) is 0.415. The lowest BCUT2D eigenvalue weighted by atomic mass is 10.1. The van der Waals surface area contributed by atoms with Crippen molar-refractivity contribution in [3.05, 3.63) is 23.8 Å². The van der Waals surface area contributed by atoms with Gasteiger partial charge in [-0.3, -0.25) is 14.9 Å². The number of piperidine rings is 1. The van der Waals surface area contributed by atoms with Crippen LogP contribution in [0.25, 0.3) is 0 Å². The van der Waals surface area contributed by atoms with E-state index < -0.39 is 12.0 Å². The molecule has 0 radical (unpaired) electrons. The fourth-order valence-electron chi connectivity index (χ4n) is 1.96. The van der Waals surface area contributed by atoms with Crippen molar-refractivity contribution < 1.29 is 19.1 Å². The highest BCUT2D eigenvalue weighted by atomic mass is 16.5. The number of ether oxygens (including phenoxy) is 1. The van der Waals surface area contributed by atoms with Gasteiger partial charge in [-0.15, -0.1) is 0 Å². The first-order valence-electron chi connectivity index (χ1n) is 6.09. The molecule has 1 unspecified atom stereocenters. The summed E-state index contributed by atoms with van der Waals surface area (Å²) in [6, 6.07) is 4.11. The predicted octanol–water partition coefficient (Wildman–Crippen LogP) is 0.272. The Bertz CT molecular complexity index is 571. The molecule has 0 spiro atoms. The Morgan fingerprint density at radius 3 is 2.80 bits per heavy atom. The van der Waals surface area contributed by atoms with Crippen LogP contribution in [0.1, 0.15) is 23.2 Å². The van der Waals surface area contributed by atoms with Crippen LogP contribution in [-0.4, -0.2) is 30.9 Å². The summed E-state index contributed by atoms with van der Waals surface area (Å²) in [5.74, 6) is -1.14. The Morgan fingerprint density at radius 1 is 1.45 bits per heavy atom. The number of nitrogen functional groups attached to an aromatic ring is 1. The van der Waals surface area contributed by atoms with E-state index in [2.05, 4.69) is 15.4 Å². The molecule has 1 aliphatic heterocycles. The Morgan fingerprint density at radius 2 is 2.20 bits per heavy atom. The van der Waals surface area contributed by atoms with Crippen LogP contribution in [-0.2, 0) is 14.3 Å². The Kier molecular flexibility index (Phi) is 3.88. The average molecular weight is 277 g/mol. The Balaban J connectivity index is 2.12. The fraction of sp³-hybridized carbons (Fsp3) is 0.308. The third kappa shape index (κ3) is 2.87. The molecule has 0 aromatic heterocycles. The number of methoxy groups -OCH3 is 1. The zero-order chi connectivity index (χ0) is 14.7. The van der Waals surface area contributed by atoms with Gasteiger partial charge in [0.2, 0.25) is 11.8 Å². The van der Waals surface area contributed by atoms with Crippen molar-refractivity contribution >= 4 is 29.2 Å². The molecule has 1 fully saturated rings. The molecule has 4 N–H and O–H groups in total. The number of anilines is 2. The highest BCUT2D eigenvalue weighted by Gasteiger charge is 2.26. The topological polar surface area (TPSA) is 111 Å². The molecule has 2 rings (SSSR count). The molecular weight excluding hydrogens is 262 g/mol. The summed E-state index contributed by atoms with van der Waals surface area (Å²) in [4.78, 5) is 34.0. The van der Waals surface area contributed by atoms with Gasteiger partial charge in [-0.25, -0.2) is 4.79 Å². The van der Waals surface area contributed by atoms with Gasteiger partial charge in [0, 0.05) is 6.42 Å². The normalized spacial score (nSPS) is 18.4. The molecule has 1 saturated heterocycles. The maximum Gasteiger partial charge on any atom is 0.337 e. The minimum absolute atomic E-state index is 0.276. The van der Waals surface area contributed by atoms with Crippen LogP contribution in [0.2, 0.25) is 0 Å². The second kappa shape index (κ2) is 5.60. The first-order chi connectivity index (χ1) is 9.51. The van der Waals surface area contributed by atoms with E-state index >= 15 is 0 Å². The molecule has 1 aromatic carbocycles. The molecule has 7 nitrogen and oxygen atoms in total. The molecule has 20 heavy (non-hydrogen) atoms. The van der Waals surface area contributed by atoms with Gasteiger partial charge in [0.1, 0.15) is 6.04 Å². The third-order valence-electron chi connectivity index (χ3n) is 3.04. The van der Waals surface area contributed by atoms with Crippen molar-refractivity contribution in [2.75, 3.05) is 18.2 Å². The molecule has 0 aliphatic carbocycles. The van der Waals surface area contributed by atoms with Gasteiger partial charge in [-0.1, -0.05) is 0 Å². The number of nitrogens with two attached hydrogens (primary N) is 1. The standard InChI is InChI=1S/C13H15N3O4/c1-20-13(19)7-2-3-9(8(14)6-7)15-10-4-5-11(17)16-12(10)18/h2-3,6,10,15H,4-5,14H2,1H3,(H,16,17,18). The zero-order valence-corrected chi connectivity index (χ0v) is 10.9. The van der Waals surface area contributed by atoms with Crippen molar-refractivity contribution in [1.82, 2.24) is 5.32 Å². The second-order valence-corrected chi connectivity index (χ2v) is 4.44. The van der Waals surface area contributed by atoms with E-state index in [1.165, 1.54) is 13.2 Å². The van der Waals surface area contributed by atoms with E-state index in [0.29, 0.717) is 23.4 Å². The number of imide groups is 1. The monoisotopic (exact) mass is 277 g/mol. The van der Waals surface area contributed by atoms with Crippen LogP contribution in [0.4, 0.5) is 11.4 Å². The van der Waals surface area contributed by atoms with Crippen LogP contribution < -0.4 is 16.4 Å². The average Bonchev–Trinajstić information content (AvgIpc) is 2.42. The van der Waals surface area contributed by atoms with Crippen molar-refractivity contribution in [2.24, 2.45) is 0 Å². The van der Waals surface area contributed by atoms with E-state index in [1.807, 2.05) is 0 Å². The highest BCUT2D eigenvalue weighted by molar-refractivity contribution is 6.01. The number of rotatable bonds is 3. The lowest BCUT2D eigenvalue weighted by Crippen LogP contribution is -2.47. The van der Waals surface area contributed by atoms with Crippen LogP contribution in [0, 0.1) is 0 Å². The van der Waals surface area contributed by atoms with Gasteiger partial charge in [-0.2, -0.15) is 0 Å². The first kappa shape index (κ1) is 13.9. The van der Waals surface area contributed by atoms with Crippen molar-refractivity contribution in [2.45, 2.75) is 18.9 Å². The van der Waals surface area contributed by atoms with Gasteiger partial charge in [0.15, 0.2) is 0 Å². The molecule has 106 valence electrons. The summed E-state index contributed by atoms with van der Waals surface area (Å²) >= 11 is 0. The van der Waals surface area contributed by atoms with Crippen LogP contribution in [0.5, 0.6) is 0 Å². The van der Waals surface area contributed by atoms with E-state index in [9.17, 15) is 14.4 Å². The van der Waals surface area contributed by atoms with Gasteiger partial charge in [0.05, 0.1) is 24.0 Å². The fourth-order valence-corrected chi connectivity index (χ4v) is 1.96. The first-order valence-corrected chi connectivity index (χ1v) is 6.09. The SMILES string of the molecule is COC(=O)c1ccc(NC2CCC(=O)NC2=O)c(N)c1. The molecule has 2 amide bonds.